The van der Waals surface area contributed by atoms with E-state index >= 15 is 0 Å². The van der Waals surface area contributed by atoms with Gasteiger partial charge in [0.25, 0.3) is 0 Å². The molecular formula is C77H72N5OPtSi-3. The van der Waals surface area contributed by atoms with Gasteiger partial charge in [-0.3, -0.25) is 0 Å². The number of hydrogen-bond donors (Lipinski definition) is 0. The van der Waals surface area contributed by atoms with E-state index in [2.05, 4.69) is 310 Å². The first-order valence-electron chi connectivity index (χ1n) is 29.7. The van der Waals surface area contributed by atoms with E-state index in [9.17, 15) is 0 Å². The van der Waals surface area contributed by atoms with Crippen molar-refractivity contribution in [3.8, 4) is 39.6 Å². The van der Waals surface area contributed by atoms with Crippen molar-refractivity contribution in [2.24, 2.45) is 0 Å². The molecule has 0 saturated heterocycles. The fraction of sp³-hybridized carbons (Fsp3) is 0.221. The number of aromatic nitrogens is 2. The topological polar surface area (TPSA) is 36.8 Å². The smallest absolute Gasteiger partial charge is 0.161 e. The molecule has 0 saturated carbocycles. The van der Waals surface area contributed by atoms with Gasteiger partial charge in [-0.2, -0.15) is 6.07 Å². The molecule has 6 nitrogen and oxygen atoms in total. The van der Waals surface area contributed by atoms with Crippen LogP contribution in [0.25, 0.3) is 49.9 Å². The van der Waals surface area contributed by atoms with E-state index in [1.807, 2.05) is 12.3 Å². The molecule has 8 heteroatoms. The molecule has 11 aromatic rings. The molecule has 0 fully saturated rings. The van der Waals surface area contributed by atoms with E-state index < -0.39 is 8.07 Å². The summed E-state index contributed by atoms with van der Waals surface area (Å²) in [6, 6.07) is 77.7. The molecule has 0 unspecified atom stereocenters. The maximum absolute atomic E-state index is 7.30. The first kappa shape index (κ1) is 56.2. The largest absolute Gasteiger partial charge is 0.509 e. The van der Waals surface area contributed by atoms with Gasteiger partial charge in [-0.1, -0.05) is 198 Å². The Kier molecular flexibility index (Phi) is 13.3. The normalized spacial score (nSPS) is 14.3. The van der Waals surface area contributed by atoms with Crippen LogP contribution in [-0.2, 0) is 42.7 Å². The summed E-state index contributed by atoms with van der Waals surface area (Å²) in [6.07, 6.45) is 1.96. The van der Waals surface area contributed by atoms with Gasteiger partial charge in [-0.05, 0) is 131 Å². The Morgan fingerprint density at radius 2 is 0.988 bits per heavy atom. The SMILES string of the molecule is CN1c2ccccc2[Si]2(c3ccccc31)c1cc(Oc3[c-]c(N4[CH-]N(c5c(-c6ccccc6)cc(C(C)(C)C)cc5-c5cc(C(C)(C)C)cc(C(C)(C)C)c5)c5ccccc54)ccc3)[c-]c3c1c1c2cccc1n3-c1cc(C(C)(C)C)ccn1.[Pt]. The second kappa shape index (κ2) is 20.1. The molecule has 0 atom stereocenters. The van der Waals surface area contributed by atoms with Crippen molar-refractivity contribution in [2.45, 2.75) is 105 Å². The van der Waals surface area contributed by atoms with Crippen molar-refractivity contribution >= 4 is 84.8 Å². The van der Waals surface area contributed by atoms with Crippen molar-refractivity contribution in [1.29, 1.82) is 0 Å². The molecule has 14 rings (SSSR count). The van der Waals surface area contributed by atoms with Crippen LogP contribution < -0.4 is 40.2 Å². The number of pyridine rings is 1. The molecule has 3 aliphatic rings. The van der Waals surface area contributed by atoms with Gasteiger partial charge in [-0.25, -0.2) is 4.98 Å². The van der Waals surface area contributed by atoms with Crippen LogP contribution in [0.5, 0.6) is 11.5 Å². The van der Waals surface area contributed by atoms with Crippen molar-refractivity contribution < 1.29 is 25.8 Å². The second-order valence-corrected chi connectivity index (χ2v) is 31.1. The van der Waals surface area contributed by atoms with Gasteiger partial charge in [0.15, 0.2) is 8.07 Å². The maximum atomic E-state index is 7.30. The van der Waals surface area contributed by atoms with Crippen LogP contribution in [0.2, 0.25) is 0 Å². The average molecular weight is 1310 g/mol. The van der Waals surface area contributed by atoms with Crippen molar-refractivity contribution in [3.05, 3.63) is 235 Å². The summed E-state index contributed by atoms with van der Waals surface area (Å²) in [5.74, 6) is 2.10. The quantitative estimate of drug-likeness (QED) is 0.117. The Morgan fingerprint density at radius 3 is 1.61 bits per heavy atom. The molecule has 0 amide bonds. The van der Waals surface area contributed by atoms with Crippen LogP contribution in [-0.4, -0.2) is 24.7 Å². The van der Waals surface area contributed by atoms with Crippen LogP contribution in [0.4, 0.5) is 34.1 Å². The van der Waals surface area contributed by atoms with Crippen LogP contribution in [0.15, 0.2) is 194 Å². The summed E-state index contributed by atoms with van der Waals surface area (Å²) in [5, 5.41) is 7.93. The fourth-order valence-corrected chi connectivity index (χ4v) is 19.1. The summed E-state index contributed by atoms with van der Waals surface area (Å²) < 4.78 is 9.63. The Balaban J connectivity index is 0.00000672. The van der Waals surface area contributed by atoms with Crippen molar-refractivity contribution in [3.63, 3.8) is 0 Å². The van der Waals surface area contributed by atoms with E-state index in [0.29, 0.717) is 11.5 Å². The molecule has 0 aliphatic carbocycles. The van der Waals surface area contributed by atoms with Crippen LogP contribution >= 0.6 is 0 Å². The Bertz CT molecular complexity index is 4390. The predicted octanol–water partition coefficient (Wildman–Crippen LogP) is 17.3. The van der Waals surface area contributed by atoms with Crippen molar-refractivity contribution in [2.75, 3.05) is 21.7 Å². The minimum atomic E-state index is -2.98. The molecule has 2 aromatic heterocycles. The Labute approximate surface area is 518 Å². The molecular weight excluding hydrogens is 1230 g/mol. The maximum Gasteiger partial charge on any atom is 0.161 e. The molecule has 428 valence electrons. The summed E-state index contributed by atoms with van der Waals surface area (Å²) in [6.45, 7) is 30.0. The summed E-state index contributed by atoms with van der Waals surface area (Å²) in [5.41, 5.74) is 18.2. The van der Waals surface area contributed by atoms with E-state index in [0.717, 1.165) is 45.2 Å². The first-order chi connectivity index (χ1) is 40.1. The van der Waals surface area contributed by atoms with Crippen LogP contribution in [0, 0.1) is 18.8 Å². The molecule has 1 spiro atoms. The molecule has 0 N–H and O–H groups in total. The van der Waals surface area contributed by atoms with E-state index in [-0.39, 0.29) is 42.7 Å². The van der Waals surface area contributed by atoms with Gasteiger partial charge in [-0.15, -0.1) is 53.3 Å². The van der Waals surface area contributed by atoms with Gasteiger partial charge in [0.05, 0.1) is 0 Å². The molecule has 5 heterocycles. The summed E-state index contributed by atoms with van der Waals surface area (Å²) in [7, 11) is -0.771. The van der Waals surface area contributed by atoms with E-state index in [1.54, 1.807) is 0 Å². The third-order valence-corrected chi connectivity index (χ3v) is 22.8. The number of hydrogen-bond acceptors (Lipinski definition) is 5. The third kappa shape index (κ3) is 9.01. The average Bonchev–Trinajstić information content (AvgIpc) is 1.53. The predicted molar refractivity (Wildman–Crippen MR) is 355 cm³/mol. The minimum Gasteiger partial charge on any atom is -0.509 e. The van der Waals surface area contributed by atoms with Crippen LogP contribution in [0.1, 0.15) is 105 Å². The third-order valence-electron chi connectivity index (χ3n) is 17.9. The second-order valence-electron chi connectivity index (χ2n) is 27.5. The van der Waals surface area contributed by atoms with Crippen molar-refractivity contribution in [1.82, 2.24) is 9.55 Å². The number of anilines is 6. The minimum absolute atomic E-state index is 0. The summed E-state index contributed by atoms with van der Waals surface area (Å²) in [4.78, 5) is 12.2. The van der Waals surface area contributed by atoms with E-state index in [4.69, 9.17) is 9.72 Å². The fourth-order valence-electron chi connectivity index (χ4n) is 13.4. The number of ether oxygens (including phenoxy) is 1. The van der Waals surface area contributed by atoms with Crippen LogP contribution in [0.3, 0.4) is 0 Å². The molecule has 3 aliphatic heterocycles. The number of para-hydroxylation sites is 4. The molecule has 85 heavy (non-hydrogen) atoms. The van der Waals surface area contributed by atoms with Gasteiger partial charge in [0.1, 0.15) is 5.82 Å². The van der Waals surface area contributed by atoms with Gasteiger partial charge in [0, 0.05) is 90.9 Å². The summed E-state index contributed by atoms with van der Waals surface area (Å²) >= 11 is 0. The molecule has 0 bridgehead atoms. The number of rotatable bonds is 7. The van der Waals surface area contributed by atoms with Gasteiger partial charge < -0.3 is 24.0 Å². The molecule has 9 aromatic carbocycles. The monoisotopic (exact) mass is 1310 g/mol. The number of benzene rings is 9. The number of fused-ring (bicyclic) bond motifs is 7. The Hall–Kier alpha value is -7.96. The van der Waals surface area contributed by atoms with Gasteiger partial charge in [0.2, 0.25) is 0 Å². The van der Waals surface area contributed by atoms with E-state index in [1.165, 1.54) is 81.8 Å². The standard InChI is InChI=1S/C77H72N5OSi.Pt/c1-74(2,3)51-37-38-78-70(44-51)82-64-33-24-36-68-71(64)72-65(82)46-57(47-69(72)84(68)66-34-21-19-31-62(66)79(13)63-32-20-22-35-67(63)84)83-56-28-23-27-55(45-56)80-48-81(61-30-18-17-29-60(61)80)73-58(49-25-15-14-16-26-49)42-54(77(10,11)12)43-59(73)50-39-52(75(4,5)6)41-53(40-50)76(7,8)9;/h14-44,47-48H,1-13H3;/q-3;. The zero-order chi connectivity index (χ0) is 58.4. The number of nitrogens with zero attached hydrogens (tertiary/aromatic N) is 5. The van der Waals surface area contributed by atoms with Gasteiger partial charge >= 0.3 is 0 Å². The molecule has 0 radical (unpaired) electrons. The zero-order valence-electron chi connectivity index (χ0n) is 51.0. The Morgan fingerprint density at radius 1 is 0.447 bits per heavy atom. The zero-order valence-corrected chi connectivity index (χ0v) is 54.3. The first-order valence-corrected chi connectivity index (χ1v) is 31.7.